The molecule has 0 radical (unpaired) electrons. The van der Waals surface area contributed by atoms with E-state index < -0.39 is 23.8 Å². The summed E-state index contributed by atoms with van der Waals surface area (Å²) < 4.78 is 11.0. The van der Waals surface area contributed by atoms with Crippen LogP contribution in [0, 0.1) is 0 Å². The molecule has 174 valence electrons. The molecule has 0 aliphatic carbocycles. The zero-order valence-corrected chi connectivity index (χ0v) is 18.5. The minimum absolute atomic E-state index is 0.0174. The second kappa shape index (κ2) is 11.0. The van der Waals surface area contributed by atoms with Gasteiger partial charge in [-0.1, -0.05) is 31.5 Å². The van der Waals surface area contributed by atoms with Crippen LogP contribution in [0.3, 0.4) is 0 Å². The summed E-state index contributed by atoms with van der Waals surface area (Å²) in [5.74, 6) is -0.854. The van der Waals surface area contributed by atoms with Gasteiger partial charge in [0.1, 0.15) is 11.8 Å². The molecule has 0 aromatic heterocycles. The summed E-state index contributed by atoms with van der Waals surface area (Å²) >= 11 is 0. The normalized spacial score (nSPS) is 14.9. The molecule has 1 atom stereocenters. The van der Waals surface area contributed by atoms with Gasteiger partial charge in [-0.25, -0.2) is 0 Å². The Morgan fingerprint density at radius 1 is 1.09 bits per heavy atom. The third kappa shape index (κ3) is 5.79. The Morgan fingerprint density at radius 2 is 1.82 bits per heavy atom. The van der Waals surface area contributed by atoms with Gasteiger partial charge in [0.05, 0.1) is 19.4 Å². The van der Waals surface area contributed by atoms with Crippen molar-refractivity contribution < 1.29 is 23.9 Å². The number of nitrogens with two attached hydrogens (primary N) is 1. The highest BCUT2D eigenvalue weighted by molar-refractivity contribution is 6.40. The quantitative estimate of drug-likeness (QED) is 0.391. The number of carbonyl (C=O) groups is 3. The summed E-state index contributed by atoms with van der Waals surface area (Å²) in [4.78, 5) is 36.9. The van der Waals surface area contributed by atoms with Gasteiger partial charge < -0.3 is 15.2 Å². The number of primary amides is 1. The molecule has 10 heteroatoms. The number of benzene rings is 2. The highest BCUT2D eigenvalue weighted by atomic mass is 16.5. The van der Waals surface area contributed by atoms with Crippen LogP contribution in [0.5, 0.6) is 11.5 Å². The lowest BCUT2D eigenvalue weighted by Crippen LogP contribution is -2.45. The minimum atomic E-state index is -0.798. The average Bonchev–Trinajstić information content (AvgIpc) is 3.29. The minimum Gasteiger partial charge on any atom is -0.493 e. The van der Waals surface area contributed by atoms with Crippen molar-refractivity contribution in [3.8, 4) is 11.5 Å². The second-order valence-corrected chi connectivity index (χ2v) is 7.33. The number of methoxy groups -OCH3 is 1. The highest BCUT2D eigenvalue weighted by Crippen LogP contribution is 2.28. The van der Waals surface area contributed by atoms with Gasteiger partial charge in [0.15, 0.2) is 11.5 Å². The van der Waals surface area contributed by atoms with Crippen LogP contribution in [0.25, 0.3) is 0 Å². The molecule has 0 saturated heterocycles. The van der Waals surface area contributed by atoms with Crippen molar-refractivity contribution in [2.45, 2.75) is 32.2 Å². The molecule has 1 heterocycles. The number of hydrogen-bond acceptors (Lipinski definition) is 7. The molecule has 33 heavy (non-hydrogen) atoms. The number of para-hydroxylation sites is 1. The van der Waals surface area contributed by atoms with Gasteiger partial charge in [-0.15, -0.1) is 0 Å². The predicted octanol–water partition coefficient (Wildman–Crippen LogP) is 1.76. The number of hydrogen-bond donors (Lipinski definition) is 3. The van der Waals surface area contributed by atoms with Crippen LogP contribution in [0.2, 0.25) is 0 Å². The number of amides is 3. The average molecular weight is 453 g/mol. The second-order valence-electron chi connectivity index (χ2n) is 7.33. The van der Waals surface area contributed by atoms with Crippen molar-refractivity contribution in [2.75, 3.05) is 18.7 Å². The highest BCUT2D eigenvalue weighted by Gasteiger charge is 2.35. The summed E-state index contributed by atoms with van der Waals surface area (Å²) in [6, 6.07) is 12.8. The molecule has 1 aliphatic rings. The summed E-state index contributed by atoms with van der Waals surface area (Å²) in [6.07, 6.45) is 1.92. The molecule has 2 aromatic rings. The summed E-state index contributed by atoms with van der Waals surface area (Å²) in [7, 11) is 1.48. The summed E-state index contributed by atoms with van der Waals surface area (Å²) in [6.45, 7) is 2.61. The predicted molar refractivity (Wildman–Crippen MR) is 123 cm³/mol. The first-order valence-electron chi connectivity index (χ1n) is 10.6. The summed E-state index contributed by atoms with van der Waals surface area (Å²) in [5.41, 5.74) is 11.1. The summed E-state index contributed by atoms with van der Waals surface area (Å²) in [5, 5.41) is 5.64. The third-order valence-electron chi connectivity index (χ3n) is 4.99. The molecule has 0 saturated carbocycles. The maximum Gasteiger partial charge on any atom is 0.285 e. The number of ether oxygens (including phenoxy) is 2. The van der Waals surface area contributed by atoms with Crippen LogP contribution in [0.15, 0.2) is 53.6 Å². The Bertz CT molecular complexity index is 1040. The molecule has 1 unspecified atom stereocenters. The maximum absolute atomic E-state index is 12.6. The Morgan fingerprint density at radius 3 is 2.48 bits per heavy atom. The van der Waals surface area contributed by atoms with Crippen molar-refractivity contribution in [3.63, 3.8) is 0 Å². The van der Waals surface area contributed by atoms with E-state index in [1.807, 2.05) is 6.07 Å². The smallest absolute Gasteiger partial charge is 0.285 e. The van der Waals surface area contributed by atoms with Crippen LogP contribution in [0.1, 0.15) is 36.5 Å². The van der Waals surface area contributed by atoms with Crippen molar-refractivity contribution in [1.82, 2.24) is 10.9 Å². The van der Waals surface area contributed by atoms with E-state index in [4.69, 9.17) is 15.2 Å². The third-order valence-corrected chi connectivity index (χ3v) is 4.99. The van der Waals surface area contributed by atoms with Crippen molar-refractivity contribution >= 4 is 29.1 Å². The standard InChI is InChI=1S/C23H27N5O5/c1-3-4-12-33-19-11-10-15(13-20(19)32-2)22(30)25-26-23(31)17-14-18(21(24)29)28(27-17)16-8-6-5-7-9-16/h5-11,13,18H,3-4,12,14H2,1-2H3,(H2,24,29)(H,25,30)(H,26,31). The van der Waals surface area contributed by atoms with Crippen LogP contribution in [-0.2, 0) is 9.59 Å². The monoisotopic (exact) mass is 453 g/mol. The lowest BCUT2D eigenvalue weighted by atomic mass is 10.1. The van der Waals surface area contributed by atoms with Crippen molar-refractivity contribution in [1.29, 1.82) is 0 Å². The van der Waals surface area contributed by atoms with E-state index in [9.17, 15) is 14.4 Å². The lowest BCUT2D eigenvalue weighted by Gasteiger charge is -2.20. The maximum atomic E-state index is 12.6. The fraction of sp³-hybridized carbons (Fsp3) is 0.304. The van der Waals surface area contributed by atoms with E-state index in [1.165, 1.54) is 18.2 Å². The number of unbranched alkanes of at least 4 members (excludes halogenated alkanes) is 1. The molecular weight excluding hydrogens is 426 g/mol. The number of nitrogens with zero attached hydrogens (tertiary/aromatic N) is 2. The molecule has 3 rings (SSSR count). The van der Waals surface area contributed by atoms with E-state index in [-0.39, 0.29) is 17.7 Å². The molecule has 1 aliphatic heterocycles. The number of nitrogens with one attached hydrogen (secondary N) is 2. The molecule has 10 nitrogen and oxygen atoms in total. The lowest BCUT2D eigenvalue weighted by molar-refractivity contribution is -0.119. The van der Waals surface area contributed by atoms with E-state index in [0.717, 1.165) is 12.8 Å². The van der Waals surface area contributed by atoms with E-state index in [0.29, 0.717) is 23.8 Å². The Kier molecular flexibility index (Phi) is 7.85. The van der Waals surface area contributed by atoms with Crippen LogP contribution in [0.4, 0.5) is 5.69 Å². The Labute approximate surface area is 191 Å². The van der Waals surface area contributed by atoms with Crippen LogP contribution < -0.4 is 31.1 Å². The number of rotatable bonds is 9. The molecule has 3 amide bonds. The van der Waals surface area contributed by atoms with Gasteiger partial charge >= 0.3 is 0 Å². The fourth-order valence-corrected chi connectivity index (χ4v) is 3.20. The number of anilines is 1. The zero-order valence-electron chi connectivity index (χ0n) is 18.5. The Hall–Kier alpha value is -4.08. The van der Waals surface area contributed by atoms with Crippen molar-refractivity contribution in [2.24, 2.45) is 10.8 Å². The first kappa shape index (κ1) is 23.6. The van der Waals surface area contributed by atoms with E-state index in [1.54, 1.807) is 36.4 Å². The first-order valence-corrected chi connectivity index (χ1v) is 10.6. The van der Waals surface area contributed by atoms with E-state index in [2.05, 4.69) is 22.9 Å². The van der Waals surface area contributed by atoms with Crippen molar-refractivity contribution in [3.05, 3.63) is 54.1 Å². The number of carbonyl (C=O) groups excluding carboxylic acids is 3. The molecule has 0 spiro atoms. The number of hydrazine groups is 1. The van der Waals surface area contributed by atoms with Gasteiger partial charge in [-0.3, -0.25) is 30.2 Å². The van der Waals surface area contributed by atoms with Gasteiger partial charge in [0.2, 0.25) is 5.91 Å². The molecule has 2 aromatic carbocycles. The first-order chi connectivity index (χ1) is 15.9. The van der Waals surface area contributed by atoms with E-state index >= 15 is 0 Å². The van der Waals surface area contributed by atoms with Crippen LogP contribution >= 0.6 is 0 Å². The van der Waals surface area contributed by atoms with Gasteiger partial charge in [0, 0.05) is 12.0 Å². The molecule has 4 N–H and O–H groups in total. The zero-order chi connectivity index (χ0) is 23.8. The number of hydrazone groups is 1. The largest absolute Gasteiger partial charge is 0.493 e. The van der Waals surface area contributed by atoms with Crippen LogP contribution in [-0.4, -0.2) is 43.2 Å². The SMILES string of the molecule is CCCCOc1ccc(C(=O)NNC(=O)C2=NN(c3ccccc3)C(C(N)=O)C2)cc1OC. The van der Waals surface area contributed by atoms with Gasteiger partial charge in [-0.05, 0) is 36.8 Å². The Balaban J connectivity index is 1.64. The fourth-order valence-electron chi connectivity index (χ4n) is 3.20. The van der Waals surface area contributed by atoms with Gasteiger partial charge in [0.25, 0.3) is 11.8 Å². The molecular formula is C23H27N5O5. The molecule has 0 fully saturated rings. The van der Waals surface area contributed by atoms with Gasteiger partial charge in [-0.2, -0.15) is 5.10 Å². The topological polar surface area (TPSA) is 135 Å². The molecule has 0 bridgehead atoms.